The molecule has 1 amide bonds. The Hall–Kier alpha value is -3.15. The number of pyridine rings is 1. The Balaban J connectivity index is 1.56. The van der Waals surface area contributed by atoms with Crippen molar-refractivity contribution in [3.63, 3.8) is 0 Å². The number of nitrogens with one attached hydrogen (secondary N) is 1. The highest BCUT2D eigenvalue weighted by Crippen LogP contribution is 2.32. The smallest absolute Gasteiger partial charge is 0.248 e. The summed E-state index contributed by atoms with van der Waals surface area (Å²) in [6.45, 7) is 0.776. The summed E-state index contributed by atoms with van der Waals surface area (Å²) in [5, 5.41) is 8.05. The number of hydrogen-bond acceptors (Lipinski definition) is 4. The molecule has 4 rings (SSSR count). The Morgan fingerprint density at radius 3 is 2.92 bits per heavy atom. The van der Waals surface area contributed by atoms with Gasteiger partial charge in [-0.05, 0) is 37.0 Å². The fourth-order valence-electron chi connectivity index (χ4n) is 3.50. The van der Waals surface area contributed by atoms with Gasteiger partial charge < -0.3 is 11.1 Å². The predicted molar refractivity (Wildman–Crippen MR) is 99.8 cm³/mol. The van der Waals surface area contributed by atoms with Gasteiger partial charge in [0.1, 0.15) is 5.82 Å². The number of anilines is 1. The molecule has 6 nitrogen and oxygen atoms in total. The average Bonchev–Trinajstić information content (AvgIpc) is 3.07. The van der Waals surface area contributed by atoms with Crippen molar-refractivity contribution in [3.05, 3.63) is 77.2 Å². The van der Waals surface area contributed by atoms with E-state index in [1.165, 1.54) is 16.8 Å². The lowest BCUT2D eigenvalue weighted by atomic mass is 9.93. The van der Waals surface area contributed by atoms with Crippen molar-refractivity contribution in [3.8, 4) is 0 Å². The monoisotopic (exact) mass is 347 g/mol. The zero-order valence-electron chi connectivity index (χ0n) is 14.4. The number of nitrogens with zero attached hydrogens (tertiary/aromatic N) is 3. The number of benzene rings is 1. The molecule has 0 saturated carbocycles. The minimum Gasteiger partial charge on any atom is -0.366 e. The van der Waals surface area contributed by atoms with Gasteiger partial charge in [0.25, 0.3) is 0 Å². The van der Waals surface area contributed by atoms with Gasteiger partial charge in [-0.3, -0.25) is 9.48 Å². The largest absolute Gasteiger partial charge is 0.366 e. The first kappa shape index (κ1) is 16.3. The molecule has 1 aromatic carbocycles. The van der Waals surface area contributed by atoms with Crippen LogP contribution in [0.15, 0.2) is 54.9 Å². The minimum absolute atomic E-state index is 0.138. The van der Waals surface area contributed by atoms with E-state index < -0.39 is 5.91 Å². The number of carbonyl (C=O) groups is 1. The van der Waals surface area contributed by atoms with Crippen molar-refractivity contribution in [1.29, 1.82) is 0 Å². The summed E-state index contributed by atoms with van der Waals surface area (Å²) < 4.78 is 2.09. The van der Waals surface area contributed by atoms with Gasteiger partial charge in [0.05, 0.1) is 18.8 Å². The topological polar surface area (TPSA) is 85.8 Å². The highest BCUT2D eigenvalue weighted by Gasteiger charge is 2.24. The summed E-state index contributed by atoms with van der Waals surface area (Å²) in [5.41, 5.74) is 9.53. The first-order valence-corrected chi connectivity index (χ1v) is 8.81. The van der Waals surface area contributed by atoms with E-state index >= 15 is 0 Å². The molecular formula is C20H21N5O. The molecule has 3 aromatic rings. The van der Waals surface area contributed by atoms with E-state index in [2.05, 4.69) is 32.2 Å². The third-order valence-electron chi connectivity index (χ3n) is 4.80. The third kappa shape index (κ3) is 3.31. The zero-order chi connectivity index (χ0) is 17.9. The second kappa shape index (κ2) is 7.00. The lowest BCUT2D eigenvalue weighted by molar-refractivity contribution is 0.1000. The first-order chi connectivity index (χ1) is 12.7. The maximum atomic E-state index is 11.4. The quantitative estimate of drug-likeness (QED) is 0.743. The van der Waals surface area contributed by atoms with Crippen LogP contribution in [0.1, 0.15) is 46.1 Å². The Kier molecular flexibility index (Phi) is 4.39. The highest BCUT2D eigenvalue weighted by atomic mass is 16.1. The molecule has 0 bridgehead atoms. The van der Waals surface area contributed by atoms with E-state index in [1.807, 2.05) is 24.4 Å². The lowest BCUT2D eigenvalue weighted by Crippen LogP contribution is -2.19. The molecule has 0 unspecified atom stereocenters. The van der Waals surface area contributed by atoms with Crippen LogP contribution in [0.4, 0.5) is 5.82 Å². The van der Waals surface area contributed by atoms with E-state index in [-0.39, 0.29) is 6.04 Å². The molecule has 6 heteroatoms. The van der Waals surface area contributed by atoms with Crippen molar-refractivity contribution in [2.24, 2.45) is 5.73 Å². The van der Waals surface area contributed by atoms with Gasteiger partial charge in [0, 0.05) is 23.0 Å². The van der Waals surface area contributed by atoms with Crippen molar-refractivity contribution >= 4 is 11.7 Å². The summed E-state index contributed by atoms with van der Waals surface area (Å²) in [5.74, 6) is 0.213. The zero-order valence-corrected chi connectivity index (χ0v) is 14.4. The molecule has 132 valence electrons. The van der Waals surface area contributed by atoms with E-state index in [4.69, 9.17) is 5.73 Å². The number of hydrogen-bond donors (Lipinski definition) is 2. The number of aromatic nitrogens is 3. The van der Waals surface area contributed by atoms with Gasteiger partial charge in [-0.15, -0.1) is 0 Å². The first-order valence-electron chi connectivity index (χ1n) is 8.81. The summed E-state index contributed by atoms with van der Waals surface area (Å²) >= 11 is 0. The molecule has 0 saturated heterocycles. The lowest BCUT2D eigenvalue weighted by Gasteiger charge is -2.25. The summed E-state index contributed by atoms with van der Waals surface area (Å²) in [6, 6.07) is 13.8. The van der Waals surface area contributed by atoms with Crippen LogP contribution >= 0.6 is 0 Å². The molecule has 0 fully saturated rings. The normalized spacial score (nSPS) is 16.1. The number of carbonyl (C=O) groups excluding carboxylic acids is 1. The van der Waals surface area contributed by atoms with Crippen LogP contribution in [-0.4, -0.2) is 20.7 Å². The second-order valence-electron chi connectivity index (χ2n) is 6.57. The summed E-state index contributed by atoms with van der Waals surface area (Å²) in [6.07, 6.45) is 6.67. The molecule has 2 heterocycles. The van der Waals surface area contributed by atoms with Gasteiger partial charge in [0.15, 0.2) is 0 Å². The van der Waals surface area contributed by atoms with Crippen LogP contribution in [0, 0.1) is 0 Å². The van der Waals surface area contributed by atoms with Crippen LogP contribution in [0.2, 0.25) is 0 Å². The molecular weight excluding hydrogens is 326 g/mol. The van der Waals surface area contributed by atoms with E-state index in [0.717, 1.165) is 25.8 Å². The van der Waals surface area contributed by atoms with Crippen molar-refractivity contribution < 1.29 is 4.79 Å². The van der Waals surface area contributed by atoms with Gasteiger partial charge in [-0.25, -0.2) is 4.98 Å². The van der Waals surface area contributed by atoms with Crippen molar-refractivity contribution in [2.75, 3.05) is 5.32 Å². The van der Waals surface area contributed by atoms with Gasteiger partial charge in [-0.1, -0.05) is 30.3 Å². The highest BCUT2D eigenvalue weighted by molar-refractivity contribution is 5.93. The van der Waals surface area contributed by atoms with Crippen molar-refractivity contribution in [2.45, 2.75) is 31.8 Å². The molecule has 3 N–H and O–H groups in total. The molecule has 0 spiro atoms. The average molecular weight is 347 g/mol. The van der Waals surface area contributed by atoms with E-state index in [0.29, 0.717) is 11.4 Å². The fourth-order valence-corrected chi connectivity index (χ4v) is 3.50. The van der Waals surface area contributed by atoms with Crippen LogP contribution in [-0.2, 0) is 13.0 Å². The van der Waals surface area contributed by atoms with Gasteiger partial charge in [-0.2, -0.15) is 5.10 Å². The van der Waals surface area contributed by atoms with E-state index in [9.17, 15) is 4.79 Å². The van der Waals surface area contributed by atoms with Crippen LogP contribution in [0.5, 0.6) is 0 Å². The fraction of sp³-hybridized carbons (Fsp3) is 0.250. The molecule has 1 aliphatic rings. The Morgan fingerprint density at radius 2 is 2.12 bits per heavy atom. The second-order valence-corrected chi connectivity index (χ2v) is 6.57. The summed E-state index contributed by atoms with van der Waals surface area (Å²) in [7, 11) is 0. The summed E-state index contributed by atoms with van der Waals surface area (Å²) in [4.78, 5) is 15.7. The number of primary amides is 1. The Labute approximate surface area is 152 Å². The number of rotatable bonds is 5. The number of nitrogens with two attached hydrogens (primary N) is 1. The van der Waals surface area contributed by atoms with Crippen LogP contribution < -0.4 is 11.1 Å². The van der Waals surface area contributed by atoms with Gasteiger partial charge in [0.2, 0.25) is 5.91 Å². The van der Waals surface area contributed by atoms with Gasteiger partial charge >= 0.3 is 0 Å². The maximum Gasteiger partial charge on any atom is 0.248 e. The van der Waals surface area contributed by atoms with Crippen LogP contribution in [0.25, 0.3) is 0 Å². The Bertz CT molecular complexity index is 919. The SMILES string of the molecule is NC(=O)c1ccnc(N[C@H]2CCCc3c2cnn3Cc2ccccc2)c1. The standard InChI is InChI=1S/C20H21N5O/c21-20(26)15-9-10-22-19(11-15)24-17-7-4-8-18-16(17)12-23-25(18)13-14-5-2-1-3-6-14/h1-3,5-6,9-12,17H,4,7-8,13H2,(H2,21,26)(H,22,24)/t17-/m0/s1. The Morgan fingerprint density at radius 1 is 1.27 bits per heavy atom. The van der Waals surface area contributed by atoms with Crippen molar-refractivity contribution in [1.82, 2.24) is 14.8 Å². The minimum atomic E-state index is -0.449. The molecule has 0 aliphatic heterocycles. The number of amides is 1. The number of fused-ring (bicyclic) bond motifs is 1. The third-order valence-corrected chi connectivity index (χ3v) is 4.80. The van der Waals surface area contributed by atoms with E-state index in [1.54, 1.807) is 18.3 Å². The molecule has 2 aromatic heterocycles. The molecule has 1 atom stereocenters. The maximum absolute atomic E-state index is 11.4. The predicted octanol–water partition coefficient (Wildman–Crippen LogP) is 2.91. The molecule has 26 heavy (non-hydrogen) atoms. The molecule has 1 aliphatic carbocycles. The van der Waals surface area contributed by atoms with Crippen LogP contribution in [0.3, 0.4) is 0 Å². The molecule has 0 radical (unpaired) electrons.